The van der Waals surface area contributed by atoms with Crippen LogP contribution >= 0.6 is 7.37 Å². The number of hydrogen-bond acceptors (Lipinski definition) is 9. The van der Waals surface area contributed by atoms with Crippen molar-refractivity contribution < 1.29 is 78.2 Å². The van der Waals surface area contributed by atoms with Crippen LogP contribution in [0.15, 0.2) is 23.3 Å². The Hall–Kier alpha value is -1.88. The average molecular weight is 833 g/mol. The van der Waals surface area contributed by atoms with E-state index >= 15 is 0 Å². The predicted octanol–water partition coefficient (Wildman–Crippen LogP) is 4.49. The predicted molar refractivity (Wildman–Crippen MR) is 217 cm³/mol. The fourth-order valence-electron chi connectivity index (χ4n) is 10.6. The molecule has 0 heterocycles. The molecule has 316 valence electrons. The first kappa shape index (κ1) is 48.8. The Bertz CT molecular complexity index is 1660. The molecule has 9 atom stereocenters. The fraction of sp³-hybridized carbons (Fsp3) is 0.761. The van der Waals surface area contributed by atoms with Crippen LogP contribution in [0.2, 0.25) is 0 Å². The van der Waals surface area contributed by atoms with Gasteiger partial charge in [-0.25, -0.2) is 0 Å². The minimum absolute atomic E-state index is 0. The summed E-state index contributed by atoms with van der Waals surface area (Å²) in [5.74, 6) is 13.3. The summed E-state index contributed by atoms with van der Waals surface area (Å²) in [4.78, 5) is 45.3. The van der Waals surface area contributed by atoms with Crippen LogP contribution in [-0.4, -0.2) is 69.5 Å². The molecule has 0 aliphatic heterocycles. The van der Waals surface area contributed by atoms with Gasteiger partial charge in [-0.1, -0.05) is 59.8 Å². The van der Waals surface area contributed by atoms with E-state index in [9.17, 15) is 34.1 Å². The van der Waals surface area contributed by atoms with Gasteiger partial charge < -0.3 is 34.3 Å². The van der Waals surface area contributed by atoms with E-state index in [1.165, 1.54) is 38.1 Å². The molecule has 0 aromatic rings. The first-order chi connectivity index (χ1) is 27.0. The summed E-state index contributed by atoms with van der Waals surface area (Å²) in [6.45, 7) is 4.18. The zero-order chi connectivity index (χ0) is 41.2. The van der Waals surface area contributed by atoms with Gasteiger partial charge in [0.25, 0.3) is 0 Å². The molecule has 0 bridgehead atoms. The third kappa shape index (κ3) is 14.6. The second-order valence-corrected chi connectivity index (χ2v) is 20.5. The van der Waals surface area contributed by atoms with Crippen LogP contribution in [0.3, 0.4) is 0 Å². The van der Waals surface area contributed by atoms with Crippen molar-refractivity contribution in [1.29, 1.82) is 0 Å². The number of unbranched alkanes of at least 4 members (excludes halogenated alkanes) is 2. The molecule has 0 radical (unpaired) electrons. The molecule has 0 spiro atoms. The molecule has 6 saturated carbocycles. The molecule has 0 aromatic carbocycles. The largest absolute Gasteiger partial charge is 1.00 e. The number of aliphatic carboxylic acids is 1. The number of fused-ring (bicyclic) bond motifs is 2. The Morgan fingerprint density at radius 1 is 0.810 bits per heavy atom. The van der Waals surface area contributed by atoms with E-state index in [2.05, 4.69) is 35.8 Å². The number of aliphatic hydroxyl groups excluding tert-OH is 1. The van der Waals surface area contributed by atoms with Crippen molar-refractivity contribution in [1.82, 2.24) is 0 Å². The number of rotatable bonds is 10. The molecule has 5 unspecified atom stereocenters. The third-order valence-electron chi connectivity index (χ3n) is 13.2. The molecule has 0 amide bonds. The van der Waals surface area contributed by atoms with E-state index in [0.29, 0.717) is 36.5 Å². The van der Waals surface area contributed by atoms with Crippen LogP contribution in [0.1, 0.15) is 149 Å². The van der Waals surface area contributed by atoms with Gasteiger partial charge in [-0.2, -0.15) is 0 Å². The molecular formula is C46H66NaO10P. The van der Waals surface area contributed by atoms with Crippen molar-refractivity contribution in [3.8, 4) is 23.7 Å². The Balaban J connectivity index is 0.000000256. The third-order valence-corrected chi connectivity index (χ3v) is 14.4. The fourth-order valence-corrected chi connectivity index (χ4v) is 11.3. The Morgan fingerprint density at radius 2 is 1.36 bits per heavy atom. The molecule has 0 aromatic heterocycles. The molecular weight excluding hydrogens is 766 g/mol. The van der Waals surface area contributed by atoms with Crippen LogP contribution in [0, 0.1) is 59.2 Å². The number of carboxylic acids is 1. The molecule has 6 fully saturated rings. The van der Waals surface area contributed by atoms with Crippen molar-refractivity contribution >= 4 is 25.3 Å². The topological polar surface area (TPSA) is 170 Å². The zero-order valence-corrected chi connectivity index (χ0v) is 38.4. The Morgan fingerprint density at radius 3 is 1.93 bits per heavy atom. The molecule has 10 nitrogen and oxygen atoms in total. The van der Waals surface area contributed by atoms with Gasteiger partial charge >= 0.3 is 47.5 Å². The van der Waals surface area contributed by atoms with Gasteiger partial charge in [0.15, 0.2) is 5.60 Å². The SMILES string of the molecule is CC(=O)O[C@@H]1CC2C/C(=C/CCCC(=O)O)CC2[C@H]1C#CC1(OC(C)=O)CCCCC1.CP(=O)([O-])CCC/C=C1/CC2C[C@@H](O)[C@H](C#CC3(O)CCCCC3)C2C1.[Na+]. The maximum atomic E-state index is 11.7. The zero-order valence-electron chi connectivity index (χ0n) is 35.5. The second-order valence-electron chi connectivity index (χ2n) is 18.1. The smallest absolute Gasteiger partial charge is 0.799 e. The summed E-state index contributed by atoms with van der Waals surface area (Å²) in [5.41, 5.74) is 1.20. The number of carbonyl (C=O) groups excluding carboxylic acids is 2. The van der Waals surface area contributed by atoms with E-state index in [0.717, 1.165) is 109 Å². The maximum Gasteiger partial charge on any atom is 1.00 e. The van der Waals surface area contributed by atoms with Crippen molar-refractivity contribution in [3.63, 3.8) is 0 Å². The summed E-state index contributed by atoms with van der Waals surface area (Å²) in [7, 11) is -3.15. The summed E-state index contributed by atoms with van der Waals surface area (Å²) >= 11 is 0. The standard InChI is InChI=1S/C25H34O6.C21H33O4P.Na/c1-17(26)30-23-16-20-14-19(8-4-5-9-24(28)29)15-22(20)21(23)10-13-25(31-18(2)27)11-6-3-7-12-25;1-26(24,25)12-6-3-7-16-13-17-15-20(22)18(19(17)14-16)8-11-21(23)9-4-2-5-10-21;/h8,20-23H,3-7,9,11-12,14-16H2,1-2H3,(H,28,29);7,17-20,22-23H,2-6,9-10,12-15H2,1H3,(H,24,25);/q;;+1/p-1/b19-8-;16-7-;/t20?,21-,22?,23-;17?,18-,19?,20-;/m11./s1. The quantitative estimate of drug-likeness (QED) is 0.0713. The molecule has 6 rings (SSSR count). The van der Waals surface area contributed by atoms with Gasteiger partial charge in [-0.05, 0) is 152 Å². The van der Waals surface area contributed by atoms with Gasteiger partial charge in [-0.15, -0.1) is 0 Å². The van der Waals surface area contributed by atoms with Crippen molar-refractivity contribution in [2.24, 2.45) is 35.5 Å². The molecule has 6 aliphatic carbocycles. The number of ether oxygens (including phenoxy) is 2. The van der Waals surface area contributed by atoms with Crippen molar-refractivity contribution in [2.45, 2.75) is 172 Å². The van der Waals surface area contributed by atoms with E-state index in [-0.39, 0.29) is 78.1 Å². The van der Waals surface area contributed by atoms with E-state index < -0.39 is 24.5 Å². The summed E-state index contributed by atoms with van der Waals surface area (Å²) in [5, 5.41) is 29.8. The van der Waals surface area contributed by atoms with Crippen LogP contribution in [0.4, 0.5) is 0 Å². The summed E-state index contributed by atoms with van der Waals surface area (Å²) in [6.07, 6.45) is 22.0. The number of aliphatic hydroxyl groups is 2. The minimum atomic E-state index is -3.15. The van der Waals surface area contributed by atoms with Crippen LogP contribution < -0.4 is 34.5 Å². The first-order valence-electron chi connectivity index (χ1n) is 21.7. The Labute approximate surface area is 368 Å². The first-order valence-corrected chi connectivity index (χ1v) is 24.0. The van der Waals surface area contributed by atoms with Gasteiger partial charge in [0.1, 0.15) is 11.7 Å². The molecule has 0 saturated heterocycles. The van der Waals surface area contributed by atoms with Crippen molar-refractivity contribution in [3.05, 3.63) is 23.3 Å². The van der Waals surface area contributed by atoms with Crippen LogP contribution in [0.25, 0.3) is 0 Å². The Kier molecular flexibility index (Phi) is 18.7. The summed E-state index contributed by atoms with van der Waals surface area (Å²) < 4.78 is 22.6. The molecule has 58 heavy (non-hydrogen) atoms. The normalized spacial score (nSPS) is 32.7. The number of allylic oxidation sites excluding steroid dienone is 4. The number of carbonyl (C=O) groups is 3. The molecule has 12 heteroatoms. The van der Waals surface area contributed by atoms with Gasteiger partial charge in [0, 0.05) is 33.6 Å². The molecule has 6 aliphatic rings. The van der Waals surface area contributed by atoms with Crippen LogP contribution in [0.5, 0.6) is 0 Å². The summed E-state index contributed by atoms with van der Waals surface area (Å²) in [6, 6.07) is 0. The average Bonchev–Trinajstić information content (AvgIpc) is 3.86. The van der Waals surface area contributed by atoms with E-state index in [1.807, 2.05) is 0 Å². The number of esters is 2. The number of carboxylic acid groups (broad SMARTS) is 1. The maximum absolute atomic E-state index is 11.7. The van der Waals surface area contributed by atoms with E-state index in [4.69, 9.17) is 14.6 Å². The minimum Gasteiger partial charge on any atom is -0.799 e. The van der Waals surface area contributed by atoms with Gasteiger partial charge in [-0.3, -0.25) is 14.4 Å². The second kappa shape index (κ2) is 22.3. The van der Waals surface area contributed by atoms with Crippen LogP contribution in [-0.2, 0) is 28.4 Å². The van der Waals surface area contributed by atoms with Gasteiger partial charge in [0.2, 0.25) is 0 Å². The van der Waals surface area contributed by atoms with Crippen molar-refractivity contribution in [2.75, 3.05) is 12.8 Å². The van der Waals surface area contributed by atoms with E-state index in [1.54, 1.807) is 0 Å². The monoisotopic (exact) mass is 832 g/mol. The molecule has 3 N–H and O–H groups in total. The van der Waals surface area contributed by atoms with Gasteiger partial charge in [0.05, 0.1) is 12.0 Å². The number of hydrogen-bond donors (Lipinski definition) is 3.